The molecule has 1 aromatic heterocycles. The van der Waals surface area contributed by atoms with Crippen LogP contribution in [-0.2, 0) is 0 Å². The van der Waals surface area contributed by atoms with E-state index in [0.717, 1.165) is 34.9 Å². The van der Waals surface area contributed by atoms with Gasteiger partial charge in [0.1, 0.15) is 17.4 Å². The maximum absolute atomic E-state index is 15.7. The normalized spacial score (nSPS) is 23.6. The number of nitrogens with zero attached hydrogens (tertiary/aromatic N) is 3. The fourth-order valence-corrected chi connectivity index (χ4v) is 4.66. The molecule has 1 aromatic carbocycles. The zero-order valence-electron chi connectivity index (χ0n) is 16.6. The summed E-state index contributed by atoms with van der Waals surface area (Å²) in [4.78, 5) is 27.5. The average Bonchev–Trinajstić information content (AvgIpc) is 3.29. The number of hydrogen-bond acceptors (Lipinski definition) is 4. The Balaban J connectivity index is 1.73. The van der Waals surface area contributed by atoms with Gasteiger partial charge >= 0.3 is 5.97 Å². The molecule has 0 bridgehead atoms. The van der Waals surface area contributed by atoms with Crippen molar-refractivity contribution in [3.05, 3.63) is 50.6 Å². The molecule has 5 rings (SSSR count). The molecule has 1 saturated carbocycles. The summed E-state index contributed by atoms with van der Waals surface area (Å²) in [6, 6.07) is -0.938. The highest BCUT2D eigenvalue weighted by molar-refractivity contribution is 5.94. The van der Waals surface area contributed by atoms with Gasteiger partial charge in [-0.25, -0.2) is 22.4 Å². The SMILES string of the molecule is CN1CCC2=C(C1)CN(c1c(F)c(F)c3c(=O)c(C(=O)O)cn([C@@H]4C[C@H]4F)c3c1F)C2. The number of likely N-dealkylation sites (N-methyl/N-ethyl adjacent to an activating group) is 1. The second kappa shape index (κ2) is 6.81. The number of carboxylic acids is 1. The Kier molecular flexibility index (Phi) is 4.40. The molecular formula is C21H19F4N3O3. The zero-order valence-corrected chi connectivity index (χ0v) is 16.6. The number of alkyl halides is 1. The van der Waals surface area contributed by atoms with E-state index in [1.54, 1.807) is 0 Å². The number of carboxylic acid groups (broad SMARTS) is 1. The van der Waals surface area contributed by atoms with Crippen LogP contribution in [0.15, 0.2) is 22.1 Å². The minimum Gasteiger partial charge on any atom is -0.477 e. The number of carbonyl (C=O) groups is 1. The third-order valence-electron chi connectivity index (χ3n) is 6.38. The van der Waals surface area contributed by atoms with Crippen LogP contribution in [0.3, 0.4) is 0 Å². The van der Waals surface area contributed by atoms with E-state index in [-0.39, 0.29) is 19.5 Å². The van der Waals surface area contributed by atoms with Crippen molar-refractivity contribution < 1.29 is 27.5 Å². The van der Waals surface area contributed by atoms with Gasteiger partial charge in [-0.2, -0.15) is 0 Å². The Morgan fingerprint density at radius 2 is 1.77 bits per heavy atom. The van der Waals surface area contributed by atoms with Crippen LogP contribution in [0, 0.1) is 17.5 Å². The van der Waals surface area contributed by atoms with Crippen molar-refractivity contribution in [2.75, 3.05) is 38.1 Å². The van der Waals surface area contributed by atoms with Crippen molar-refractivity contribution in [2.24, 2.45) is 0 Å². The summed E-state index contributed by atoms with van der Waals surface area (Å²) in [6.45, 7) is 1.89. The van der Waals surface area contributed by atoms with Gasteiger partial charge < -0.3 is 19.5 Å². The number of pyridine rings is 1. The minimum absolute atomic E-state index is 0.0311. The molecule has 1 N–H and O–H groups in total. The lowest BCUT2D eigenvalue weighted by Crippen LogP contribution is -2.28. The van der Waals surface area contributed by atoms with Crippen molar-refractivity contribution in [3.8, 4) is 0 Å². The average molecular weight is 437 g/mol. The Labute approximate surface area is 174 Å². The Morgan fingerprint density at radius 3 is 2.42 bits per heavy atom. The highest BCUT2D eigenvalue weighted by Gasteiger charge is 2.42. The smallest absolute Gasteiger partial charge is 0.341 e. The van der Waals surface area contributed by atoms with Crippen LogP contribution in [0.5, 0.6) is 0 Å². The Bertz CT molecular complexity index is 1240. The van der Waals surface area contributed by atoms with Crippen molar-refractivity contribution in [3.63, 3.8) is 0 Å². The number of rotatable bonds is 3. The highest BCUT2D eigenvalue weighted by Crippen LogP contribution is 2.43. The number of hydrogen-bond donors (Lipinski definition) is 1. The first kappa shape index (κ1) is 20.0. The van der Waals surface area contributed by atoms with Gasteiger partial charge in [-0.05, 0) is 24.6 Å². The van der Waals surface area contributed by atoms with E-state index in [2.05, 4.69) is 4.90 Å². The third-order valence-corrected chi connectivity index (χ3v) is 6.38. The van der Waals surface area contributed by atoms with Crippen LogP contribution in [-0.4, -0.2) is 59.9 Å². The lowest BCUT2D eigenvalue weighted by atomic mass is 10.0. The van der Waals surface area contributed by atoms with E-state index in [1.165, 1.54) is 4.90 Å². The second-order valence-corrected chi connectivity index (χ2v) is 8.47. The van der Waals surface area contributed by atoms with Crippen LogP contribution in [0.4, 0.5) is 23.2 Å². The minimum atomic E-state index is -1.68. The standard InChI is InChI=1S/C21H19F4N3O3/c1-26-3-2-9-6-27(7-10(9)5-26)19-16(24)15(23)14-18(17(19)25)28(13-4-12(13)22)8-11(20(14)29)21(30)31/h8,12-13H,2-7H2,1H3,(H,30,31)/t12-,13-/m1/s1. The lowest BCUT2D eigenvalue weighted by molar-refractivity contribution is 0.0694. The van der Waals surface area contributed by atoms with Gasteiger partial charge in [0, 0.05) is 38.8 Å². The first-order valence-electron chi connectivity index (χ1n) is 9.95. The van der Waals surface area contributed by atoms with Gasteiger partial charge in [0.05, 0.1) is 16.9 Å². The van der Waals surface area contributed by atoms with Crippen molar-refractivity contribution in [1.29, 1.82) is 0 Å². The second-order valence-electron chi connectivity index (χ2n) is 8.47. The van der Waals surface area contributed by atoms with Crippen LogP contribution in [0.2, 0.25) is 0 Å². The van der Waals surface area contributed by atoms with Gasteiger partial charge in [-0.15, -0.1) is 0 Å². The number of benzene rings is 1. The summed E-state index contributed by atoms with van der Waals surface area (Å²) in [6.07, 6.45) is 0.139. The molecule has 1 fully saturated rings. The predicted molar refractivity (Wildman–Crippen MR) is 105 cm³/mol. The largest absolute Gasteiger partial charge is 0.477 e. The highest BCUT2D eigenvalue weighted by atomic mass is 19.2. The molecule has 3 aliphatic rings. The van der Waals surface area contributed by atoms with Gasteiger partial charge in [0.25, 0.3) is 0 Å². The molecule has 31 heavy (non-hydrogen) atoms. The van der Waals surface area contributed by atoms with Crippen LogP contribution in [0.25, 0.3) is 10.9 Å². The van der Waals surface area contributed by atoms with Crippen molar-refractivity contribution in [2.45, 2.75) is 25.1 Å². The monoisotopic (exact) mass is 437 g/mol. The molecule has 0 radical (unpaired) electrons. The zero-order chi connectivity index (χ0) is 22.2. The van der Waals surface area contributed by atoms with Gasteiger partial charge in [0.2, 0.25) is 5.43 Å². The van der Waals surface area contributed by atoms with Gasteiger partial charge in [0.15, 0.2) is 17.5 Å². The summed E-state index contributed by atoms with van der Waals surface area (Å²) in [5.74, 6) is -6.03. The molecule has 6 nitrogen and oxygen atoms in total. The van der Waals surface area contributed by atoms with E-state index in [4.69, 9.17) is 0 Å². The molecule has 0 saturated heterocycles. The van der Waals surface area contributed by atoms with Crippen LogP contribution < -0.4 is 10.3 Å². The number of anilines is 1. The Hall–Kier alpha value is -2.88. The molecular weight excluding hydrogens is 418 g/mol. The number of halogens is 4. The van der Waals surface area contributed by atoms with Crippen LogP contribution >= 0.6 is 0 Å². The predicted octanol–water partition coefficient (Wildman–Crippen LogP) is 2.85. The van der Waals surface area contributed by atoms with E-state index in [9.17, 15) is 19.1 Å². The summed E-state index contributed by atoms with van der Waals surface area (Å²) in [7, 11) is 1.94. The quantitative estimate of drug-likeness (QED) is 0.455. The van der Waals surface area contributed by atoms with Gasteiger partial charge in [-0.3, -0.25) is 4.79 Å². The van der Waals surface area contributed by atoms with E-state index in [0.29, 0.717) is 6.54 Å². The fourth-order valence-electron chi connectivity index (χ4n) is 4.66. The number of fused-ring (bicyclic) bond motifs is 1. The molecule has 1 aliphatic carbocycles. The molecule has 2 aromatic rings. The molecule has 2 aliphatic heterocycles. The molecule has 10 heteroatoms. The summed E-state index contributed by atoms with van der Waals surface area (Å²) < 4.78 is 60.6. The molecule has 0 unspecified atom stereocenters. The molecule has 0 spiro atoms. The summed E-state index contributed by atoms with van der Waals surface area (Å²) in [5, 5.41) is 8.27. The summed E-state index contributed by atoms with van der Waals surface area (Å²) in [5.41, 5.74) is -1.36. The number of aromatic nitrogens is 1. The van der Waals surface area contributed by atoms with Crippen molar-refractivity contribution in [1.82, 2.24) is 9.47 Å². The van der Waals surface area contributed by atoms with E-state index >= 15 is 13.2 Å². The third kappa shape index (κ3) is 2.95. The molecule has 3 heterocycles. The fraction of sp³-hybridized carbons (Fsp3) is 0.429. The maximum atomic E-state index is 15.7. The van der Waals surface area contributed by atoms with E-state index in [1.807, 2.05) is 7.05 Å². The maximum Gasteiger partial charge on any atom is 0.341 e. The molecule has 0 amide bonds. The van der Waals surface area contributed by atoms with Gasteiger partial charge in [-0.1, -0.05) is 0 Å². The first-order chi connectivity index (χ1) is 14.7. The van der Waals surface area contributed by atoms with E-state index < -0.39 is 63.2 Å². The summed E-state index contributed by atoms with van der Waals surface area (Å²) >= 11 is 0. The van der Waals surface area contributed by atoms with Crippen molar-refractivity contribution >= 4 is 22.6 Å². The Morgan fingerprint density at radius 1 is 1.10 bits per heavy atom. The number of aromatic carboxylic acids is 1. The topological polar surface area (TPSA) is 65.8 Å². The molecule has 2 atom stereocenters. The van der Waals surface area contributed by atoms with Crippen LogP contribution in [0.1, 0.15) is 29.2 Å². The first-order valence-corrected chi connectivity index (χ1v) is 9.95. The molecule has 164 valence electrons. The lowest BCUT2D eigenvalue weighted by Gasteiger charge is -2.23.